The van der Waals surface area contributed by atoms with Crippen LogP contribution in [0.15, 0.2) is 47.8 Å². The molecule has 1 aromatic heterocycles. The zero-order chi connectivity index (χ0) is 17.3. The molecule has 4 nitrogen and oxygen atoms in total. The van der Waals surface area contributed by atoms with E-state index in [0.717, 1.165) is 12.1 Å². The maximum atomic E-state index is 12.7. The number of hydrogen-bond acceptors (Lipinski definition) is 5. The van der Waals surface area contributed by atoms with Crippen LogP contribution in [-0.2, 0) is 6.18 Å². The number of hydrogen-bond donors (Lipinski definition) is 3. The molecule has 3 rings (SSSR count). The van der Waals surface area contributed by atoms with Crippen molar-refractivity contribution < 1.29 is 23.4 Å². The molecule has 0 aliphatic carbocycles. The van der Waals surface area contributed by atoms with Gasteiger partial charge < -0.3 is 15.5 Å². The van der Waals surface area contributed by atoms with Crippen molar-refractivity contribution in [2.75, 3.05) is 5.32 Å². The molecule has 3 N–H and O–H groups in total. The van der Waals surface area contributed by atoms with Crippen molar-refractivity contribution in [3.05, 3.63) is 53.4 Å². The number of phenols is 2. The standard InChI is InChI=1S/C16H11F3N2O2S/c17-16(18,19)9-2-1-3-10(6-9)20-15-21-13(8-24-15)12-5-4-11(22)7-14(12)23/h1-8,22-23H,(H,20,21). The van der Waals surface area contributed by atoms with Gasteiger partial charge in [0.05, 0.1) is 11.3 Å². The van der Waals surface area contributed by atoms with Crippen LogP contribution in [-0.4, -0.2) is 15.2 Å². The molecule has 3 aromatic rings. The van der Waals surface area contributed by atoms with Gasteiger partial charge >= 0.3 is 6.18 Å². The Hall–Kier alpha value is -2.74. The molecule has 124 valence electrons. The van der Waals surface area contributed by atoms with E-state index in [1.165, 1.54) is 41.7 Å². The number of benzene rings is 2. The smallest absolute Gasteiger partial charge is 0.416 e. The zero-order valence-corrected chi connectivity index (χ0v) is 12.8. The van der Waals surface area contributed by atoms with Crippen molar-refractivity contribution in [1.82, 2.24) is 4.98 Å². The summed E-state index contributed by atoms with van der Waals surface area (Å²) < 4.78 is 38.2. The Balaban J connectivity index is 1.84. The Labute approximate surface area is 138 Å². The third-order valence-electron chi connectivity index (χ3n) is 3.20. The van der Waals surface area contributed by atoms with E-state index in [2.05, 4.69) is 10.3 Å². The Morgan fingerprint density at radius 1 is 1.04 bits per heavy atom. The first-order valence-electron chi connectivity index (χ1n) is 6.75. The molecule has 2 aromatic carbocycles. The molecular weight excluding hydrogens is 341 g/mol. The lowest BCUT2D eigenvalue weighted by Crippen LogP contribution is -2.05. The van der Waals surface area contributed by atoms with Gasteiger partial charge in [-0.25, -0.2) is 4.98 Å². The van der Waals surface area contributed by atoms with Gasteiger partial charge in [0.1, 0.15) is 11.5 Å². The molecule has 0 radical (unpaired) electrons. The summed E-state index contributed by atoms with van der Waals surface area (Å²) in [5.41, 5.74) is 0.384. The maximum absolute atomic E-state index is 12.7. The molecule has 0 fully saturated rings. The summed E-state index contributed by atoms with van der Waals surface area (Å²) in [6, 6.07) is 8.92. The first kappa shape index (κ1) is 16.1. The van der Waals surface area contributed by atoms with E-state index in [0.29, 0.717) is 16.4 Å². The number of aromatic hydroxyl groups is 2. The molecule has 24 heavy (non-hydrogen) atoms. The number of aromatic nitrogens is 1. The number of phenolic OH excluding ortho intramolecular Hbond substituents is 2. The summed E-state index contributed by atoms with van der Waals surface area (Å²) in [7, 11) is 0. The van der Waals surface area contributed by atoms with Crippen molar-refractivity contribution in [2.24, 2.45) is 0 Å². The van der Waals surface area contributed by atoms with Gasteiger partial charge in [0, 0.05) is 22.7 Å². The van der Waals surface area contributed by atoms with E-state index >= 15 is 0 Å². The van der Waals surface area contributed by atoms with Gasteiger partial charge in [0.25, 0.3) is 0 Å². The second-order valence-electron chi connectivity index (χ2n) is 4.94. The average Bonchev–Trinajstić information content (AvgIpc) is 2.95. The topological polar surface area (TPSA) is 65.4 Å². The van der Waals surface area contributed by atoms with E-state index in [1.54, 1.807) is 5.38 Å². The average molecular weight is 352 g/mol. The second-order valence-corrected chi connectivity index (χ2v) is 5.80. The number of rotatable bonds is 3. The minimum Gasteiger partial charge on any atom is -0.508 e. The fraction of sp³-hybridized carbons (Fsp3) is 0.0625. The van der Waals surface area contributed by atoms with Crippen molar-refractivity contribution in [3.8, 4) is 22.8 Å². The van der Waals surface area contributed by atoms with E-state index in [-0.39, 0.29) is 17.2 Å². The van der Waals surface area contributed by atoms with E-state index in [1.807, 2.05) is 0 Å². The molecule has 0 saturated carbocycles. The van der Waals surface area contributed by atoms with Gasteiger partial charge in [0.15, 0.2) is 5.13 Å². The highest BCUT2D eigenvalue weighted by Crippen LogP contribution is 2.35. The quantitative estimate of drug-likeness (QED) is 0.622. The number of alkyl halides is 3. The minimum atomic E-state index is -4.41. The summed E-state index contributed by atoms with van der Waals surface area (Å²) >= 11 is 1.19. The lowest BCUT2D eigenvalue weighted by Gasteiger charge is -2.09. The summed E-state index contributed by atoms with van der Waals surface area (Å²) in [6.45, 7) is 0. The van der Waals surface area contributed by atoms with Crippen molar-refractivity contribution in [2.45, 2.75) is 6.18 Å². The number of thiazole rings is 1. The van der Waals surface area contributed by atoms with Gasteiger partial charge in [-0.2, -0.15) is 13.2 Å². The molecule has 0 aliphatic rings. The van der Waals surface area contributed by atoms with Gasteiger partial charge in [-0.3, -0.25) is 0 Å². The fourth-order valence-corrected chi connectivity index (χ4v) is 2.82. The predicted octanol–water partition coefficient (Wildman–Crippen LogP) is 4.98. The zero-order valence-electron chi connectivity index (χ0n) is 12.0. The monoisotopic (exact) mass is 352 g/mol. The van der Waals surface area contributed by atoms with Crippen LogP contribution in [0.3, 0.4) is 0 Å². The lowest BCUT2D eigenvalue weighted by molar-refractivity contribution is -0.137. The third-order valence-corrected chi connectivity index (χ3v) is 3.96. The predicted molar refractivity (Wildman–Crippen MR) is 85.6 cm³/mol. The van der Waals surface area contributed by atoms with Crippen LogP contribution in [0.2, 0.25) is 0 Å². The normalized spacial score (nSPS) is 11.5. The molecule has 0 spiro atoms. The highest BCUT2D eigenvalue weighted by atomic mass is 32.1. The van der Waals surface area contributed by atoms with Crippen LogP contribution in [0.25, 0.3) is 11.3 Å². The Kier molecular flexibility index (Phi) is 4.06. The second kappa shape index (κ2) is 6.04. The van der Waals surface area contributed by atoms with Crippen LogP contribution in [0, 0.1) is 0 Å². The Bertz CT molecular complexity index is 878. The molecule has 0 atom stereocenters. The molecule has 0 bridgehead atoms. The lowest BCUT2D eigenvalue weighted by atomic mass is 10.1. The highest BCUT2D eigenvalue weighted by Gasteiger charge is 2.30. The summed E-state index contributed by atoms with van der Waals surface area (Å²) in [4.78, 5) is 4.24. The van der Waals surface area contributed by atoms with Gasteiger partial charge in [-0.15, -0.1) is 11.3 Å². The van der Waals surface area contributed by atoms with Crippen LogP contribution in [0.4, 0.5) is 24.0 Å². The fourth-order valence-electron chi connectivity index (χ4n) is 2.09. The molecule has 0 aliphatic heterocycles. The van der Waals surface area contributed by atoms with E-state index in [4.69, 9.17) is 0 Å². The number of nitrogens with zero attached hydrogens (tertiary/aromatic N) is 1. The Morgan fingerprint density at radius 2 is 1.83 bits per heavy atom. The molecule has 1 heterocycles. The SMILES string of the molecule is Oc1ccc(-c2csc(Nc3cccc(C(F)(F)F)c3)n2)c(O)c1. The molecule has 0 amide bonds. The molecule has 0 unspecified atom stereocenters. The van der Waals surface area contributed by atoms with Crippen molar-refractivity contribution in [1.29, 1.82) is 0 Å². The van der Waals surface area contributed by atoms with Crippen molar-refractivity contribution >= 4 is 22.2 Å². The minimum absolute atomic E-state index is 0.0752. The number of anilines is 2. The molecule has 8 heteroatoms. The first-order valence-corrected chi connectivity index (χ1v) is 7.63. The summed E-state index contributed by atoms with van der Waals surface area (Å²) in [5, 5.41) is 24.0. The summed E-state index contributed by atoms with van der Waals surface area (Å²) in [6.07, 6.45) is -4.41. The number of nitrogens with one attached hydrogen (secondary N) is 1. The molecular formula is C16H11F3N2O2S. The van der Waals surface area contributed by atoms with Gasteiger partial charge in [-0.05, 0) is 30.3 Å². The van der Waals surface area contributed by atoms with E-state index in [9.17, 15) is 23.4 Å². The third kappa shape index (κ3) is 3.43. The Morgan fingerprint density at radius 3 is 2.54 bits per heavy atom. The van der Waals surface area contributed by atoms with Crippen LogP contribution in [0.1, 0.15) is 5.56 Å². The van der Waals surface area contributed by atoms with Gasteiger partial charge in [0.2, 0.25) is 0 Å². The largest absolute Gasteiger partial charge is 0.508 e. The van der Waals surface area contributed by atoms with Gasteiger partial charge in [-0.1, -0.05) is 6.07 Å². The van der Waals surface area contributed by atoms with Crippen LogP contribution < -0.4 is 5.32 Å². The number of halogens is 3. The van der Waals surface area contributed by atoms with Crippen molar-refractivity contribution in [3.63, 3.8) is 0 Å². The molecule has 0 saturated heterocycles. The van der Waals surface area contributed by atoms with Crippen LogP contribution in [0.5, 0.6) is 11.5 Å². The van der Waals surface area contributed by atoms with Crippen LogP contribution >= 0.6 is 11.3 Å². The van der Waals surface area contributed by atoms with E-state index < -0.39 is 11.7 Å². The highest BCUT2D eigenvalue weighted by molar-refractivity contribution is 7.14. The summed E-state index contributed by atoms with van der Waals surface area (Å²) in [5.74, 6) is -0.209. The maximum Gasteiger partial charge on any atom is 0.416 e. The first-order chi connectivity index (χ1) is 11.3.